The highest BCUT2D eigenvalue weighted by atomic mass is 16.3. The van der Waals surface area contributed by atoms with Crippen LogP contribution in [0.2, 0.25) is 0 Å². The molecule has 3 aromatic carbocycles. The van der Waals surface area contributed by atoms with Crippen molar-refractivity contribution < 1.29 is 14.0 Å². The van der Waals surface area contributed by atoms with Gasteiger partial charge in [0.2, 0.25) is 5.91 Å². The summed E-state index contributed by atoms with van der Waals surface area (Å²) in [7, 11) is 0. The zero-order valence-electron chi connectivity index (χ0n) is 17.5. The third-order valence-electron chi connectivity index (χ3n) is 5.70. The quantitative estimate of drug-likeness (QED) is 0.473. The summed E-state index contributed by atoms with van der Waals surface area (Å²) in [6, 6.07) is 25.6. The third kappa shape index (κ3) is 4.05. The standard InChI is InChI=1S/C27H22N2O3/c30-26(16-19-6-8-21(9-7-19)20-4-2-1-3-5-20)28-24-10-11-25-22(17-24)12-14-29(25)27(31)23-13-15-32-18-23/h1-11,13,15,17-18H,12,14,16H2,(H,28,30). The monoisotopic (exact) mass is 422 g/mol. The second kappa shape index (κ2) is 8.55. The molecule has 0 saturated heterocycles. The lowest BCUT2D eigenvalue weighted by Crippen LogP contribution is -2.28. The predicted molar refractivity (Wildman–Crippen MR) is 125 cm³/mol. The molecule has 0 aliphatic carbocycles. The summed E-state index contributed by atoms with van der Waals surface area (Å²) >= 11 is 0. The van der Waals surface area contributed by atoms with Crippen LogP contribution in [0.3, 0.4) is 0 Å². The minimum Gasteiger partial charge on any atom is -0.472 e. The van der Waals surface area contributed by atoms with E-state index in [1.165, 1.54) is 12.5 Å². The van der Waals surface area contributed by atoms with Crippen molar-refractivity contribution in [3.8, 4) is 11.1 Å². The number of hydrogen-bond donors (Lipinski definition) is 1. The van der Waals surface area contributed by atoms with Gasteiger partial charge in [-0.15, -0.1) is 0 Å². The van der Waals surface area contributed by atoms with Crippen LogP contribution >= 0.6 is 0 Å². The van der Waals surface area contributed by atoms with Gasteiger partial charge >= 0.3 is 0 Å². The largest absolute Gasteiger partial charge is 0.472 e. The Bertz CT molecular complexity index is 1250. The number of anilines is 2. The van der Waals surface area contributed by atoms with Gasteiger partial charge < -0.3 is 14.6 Å². The van der Waals surface area contributed by atoms with Gasteiger partial charge in [-0.25, -0.2) is 0 Å². The summed E-state index contributed by atoms with van der Waals surface area (Å²) in [5.41, 5.74) is 6.45. The topological polar surface area (TPSA) is 62.6 Å². The molecule has 0 bridgehead atoms. The lowest BCUT2D eigenvalue weighted by Gasteiger charge is -2.16. The average molecular weight is 422 g/mol. The molecule has 2 heterocycles. The van der Waals surface area contributed by atoms with Gasteiger partial charge in [-0.2, -0.15) is 0 Å². The Morgan fingerprint density at radius 1 is 0.906 bits per heavy atom. The van der Waals surface area contributed by atoms with Crippen molar-refractivity contribution in [3.05, 3.63) is 108 Å². The molecule has 5 heteroatoms. The number of rotatable bonds is 5. The maximum atomic E-state index is 12.6. The highest BCUT2D eigenvalue weighted by Crippen LogP contribution is 2.31. The smallest absolute Gasteiger partial charge is 0.261 e. The first-order valence-corrected chi connectivity index (χ1v) is 10.6. The number of nitrogens with one attached hydrogen (secondary N) is 1. The van der Waals surface area contributed by atoms with E-state index in [0.717, 1.165) is 40.0 Å². The number of hydrogen-bond acceptors (Lipinski definition) is 3. The Morgan fingerprint density at radius 2 is 1.69 bits per heavy atom. The van der Waals surface area contributed by atoms with E-state index in [4.69, 9.17) is 4.42 Å². The highest BCUT2D eigenvalue weighted by Gasteiger charge is 2.26. The zero-order valence-corrected chi connectivity index (χ0v) is 17.5. The molecular weight excluding hydrogens is 400 g/mol. The SMILES string of the molecule is O=C(Cc1ccc(-c2ccccc2)cc1)Nc1ccc2c(c1)CCN2C(=O)c1ccoc1. The summed E-state index contributed by atoms with van der Waals surface area (Å²) in [6.07, 6.45) is 4.01. The van der Waals surface area contributed by atoms with Crippen LogP contribution in [0.25, 0.3) is 11.1 Å². The Balaban J connectivity index is 1.23. The van der Waals surface area contributed by atoms with Gasteiger partial charge in [0, 0.05) is 17.9 Å². The Labute approximate surface area is 186 Å². The molecule has 158 valence electrons. The molecule has 5 nitrogen and oxygen atoms in total. The predicted octanol–water partition coefficient (Wildman–Crippen LogP) is 5.33. The Morgan fingerprint density at radius 3 is 2.44 bits per heavy atom. The summed E-state index contributed by atoms with van der Waals surface area (Å²) in [5, 5.41) is 2.98. The molecule has 0 fully saturated rings. The number of nitrogens with zero attached hydrogens (tertiary/aromatic N) is 1. The van der Waals surface area contributed by atoms with Crippen LogP contribution in [0.15, 0.2) is 95.8 Å². The highest BCUT2D eigenvalue weighted by molar-refractivity contribution is 6.07. The van der Waals surface area contributed by atoms with Crippen molar-refractivity contribution in [2.24, 2.45) is 0 Å². The maximum absolute atomic E-state index is 12.6. The van der Waals surface area contributed by atoms with Crippen molar-refractivity contribution in [2.75, 3.05) is 16.8 Å². The van der Waals surface area contributed by atoms with E-state index in [-0.39, 0.29) is 11.8 Å². The van der Waals surface area contributed by atoms with Crippen LogP contribution < -0.4 is 10.2 Å². The second-order valence-electron chi connectivity index (χ2n) is 7.85. The summed E-state index contributed by atoms with van der Waals surface area (Å²) in [5.74, 6) is -0.144. The lowest BCUT2D eigenvalue weighted by molar-refractivity contribution is -0.115. The van der Waals surface area contributed by atoms with E-state index in [9.17, 15) is 9.59 Å². The van der Waals surface area contributed by atoms with Gasteiger partial charge in [0.05, 0.1) is 18.2 Å². The summed E-state index contributed by atoms with van der Waals surface area (Å²) < 4.78 is 5.03. The van der Waals surface area contributed by atoms with Gasteiger partial charge in [-0.05, 0) is 52.9 Å². The number of furan rings is 1. The first kappa shape index (κ1) is 19.8. The van der Waals surface area contributed by atoms with Gasteiger partial charge in [-0.1, -0.05) is 54.6 Å². The number of amides is 2. The molecule has 2 amide bonds. The second-order valence-corrected chi connectivity index (χ2v) is 7.85. The first-order chi connectivity index (χ1) is 15.7. The Hall–Kier alpha value is -4.12. The van der Waals surface area contributed by atoms with E-state index in [0.29, 0.717) is 18.5 Å². The van der Waals surface area contributed by atoms with Crippen molar-refractivity contribution >= 4 is 23.2 Å². The van der Waals surface area contributed by atoms with Crippen molar-refractivity contribution in [1.29, 1.82) is 0 Å². The van der Waals surface area contributed by atoms with E-state index < -0.39 is 0 Å². The number of fused-ring (bicyclic) bond motifs is 1. The average Bonchev–Trinajstić information content (AvgIpc) is 3.50. The van der Waals surface area contributed by atoms with Gasteiger partial charge in [-0.3, -0.25) is 9.59 Å². The van der Waals surface area contributed by atoms with Crippen LogP contribution in [0, 0.1) is 0 Å². The van der Waals surface area contributed by atoms with E-state index >= 15 is 0 Å². The number of carbonyl (C=O) groups excluding carboxylic acids is 2. The third-order valence-corrected chi connectivity index (χ3v) is 5.70. The minimum atomic E-state index is -0.0757. The molecule has 0 spiro atoms. The Kier molecular flexibility index (Phi) is 5.30. The molecule has 4 aromatic rings. The fourth-order valence-electron chi connectivity index (χ4n) is 4.07. The van der Waals surface area contributed by atoms with Gasteiger partial charge in [0.1, 0.15) is 6.26 Å². The fraction of sp³-hybridized carbons (Fsp3) is 0.111. The molecule has 0 radical (unpaired) electrons. The molecule has 5 rings (SSSR count). The minimum absolute atomic E-state index is 0.0678. The van der Waals surface area contributed by atoms with E-state index in [1.54, 1.807) is 11.0 Å². The molecule has 32 heavy (non-hydrogen) atoms. The van der Waals surface area contributed by atoms with Crippen molar-refractivity contribution in [2.45, 2.75) is 12.8 Å². The van der Waals surface area contributed by atoms with Gasteiger partial charge in [0.15, 0.2) is 0 Å². The molecule has 0 unspecified atom stereocenters. The first-order valence-electron chi connectivity index (χ1n) is 10.6. The normalized spacial score (nSPS) is 12.4. The van der Waals surface area contributed by atoms with E-state index in [1.807, 2.05) is 60.7 Å². The maximum Gasteiger partial charge on any atom is 0.261 e. The van der Waals surface area contributed by atoms with Crippen LogP contribution in [0.5, 0.6) is 0 Å². The summed E-state index contributed by atoms with van der Waals surface area (Å²) in [4.78, 5) is 27.0. The van der Waals surface area contributed by atoms with E-state index in [2.05, 4.69) is 17.4 Å². The number of carbonyl (C=O) groups is 2. The lowest BCUT2D eigenvalue weighted by atomic mass is 10.0. The van der Waals surface area contributed by atoms with Crippen molar-refractivity contribution in [1.82, 2.24) is 0 Å². The molecule has 1 aliphatic rings. The van der Waals surface area contributed by atoms with Crippen LogP contribution in [0.4, 0.5) is 11.4 Å². The molecular formula is C27H22N2O3. The molecule has 0 saturated carbocycles. The number of benzene rings is 3. The molecule has 1 N–H and O–H groups in total. The van der Waals surface area contributed by atoms with Gasteiger partial charge in [0.25, 0.3) is 5.91 Å². The molecule has 0 atom stereocenters. The molecule has 1 aromatic heterocycles. The van der Waals surface area contributed by atoms with Crippen LogP contribution in [-0.4, -0.2) is 18.4 Å². The zero-order chi connectivity index (χ0) is 21.9. The van der Waals surface area contributed by atoms with Crippen LogP contribution in [-0.2, 0) is 17.6 Å². The van der Waals surface area contributed by atoms with Crippen LogP contribution in [0.1, 0.15) is 21.5 Å². The molecule has 1 aliphatic heterocycles. The fourth-order valence-corrected chi connectivity index (χ4v) is 4.07. The van der Waals surface area contributed by atoms with Crippen molar-refractivity contribution in [3.63, 3.8) is 0 Å². The summed E-state index contributed by atoms with van der Waals surface area (Å²) in [6.45, 7) is 0.616.